The molecule has 1 aliphatic heterocycles. The van der Waals surface area contributed by atoms with Crippen LogP contribution in [0.1, 0.15) is 13.3 Å². The highest BCUT2D eigenvalue weighted by molar-refractivity contribution is 5.62. The molecule has 3 nitrogen and oxygen atoms in total. The van der Waals surface area contributed by atoms with Crippen LogP contribution in [-0.4, -0.2) is 18.1 Å². The van der Waals surface area contributed by atoms with Crippen LogP contribution >= 0.6 is 0 Å². The summed E-state index contributed by atoms with van der Waals surface area (Å²) in [5.41, 5.74) is 8.03. The molecular weight excluding hydrogens is 174 g/mol. The number of aromatic nitrogens is 1. The van der Waals surface area contributed by atoms with E-state index in [1.165, 1.54) is 5.57 Å². The molecule has 2 N–H and O–H groups in total. The Morgan fingerprint density at radius 1 is 1.50 bits per heavy atom. The summed E-state index contributed by atoms with van der Waals surface area (Å²) in [4.78, 5) is 6.54. The molecular formula is C11H15N3. The number of nitrogen functional groups attached to an aromatic ring is 1. The van der Waals surface area contributed by atoms with Crippen LogP contribution in [0.15, 0.2) is 30.0 Å². The Bertz CT molecular complexity index is 357. The number of hydrogen-bond donors (Lipinski definition) is 1. The van der Waals surface area contributed by atoms with E-state index in [1.54, 1.807) is 6.20 Å². The number of hydrogen-bond acceptors (Lipinski definition) is 3. The van der Waals surface area contributed by atoms with Crippen LogP contribution in [0.3, 0.4) is 0 Å². The lowest BCUT2D eigenvalue weighted by molar-refractivity contribution is 0.779. The molecule has 0 atom stereocenters. The van der Waals surface area contributed by atoms with Crippen LogP contribution in [0.5, 0.6) is 0 Å². The number of nitrogens with two attached hydrogens (primary N) is 1. The van der Waals surface area contributed by atoms with Crippen molar-refractivity contribution in [2.24, 2.45) is 0 Å². The van der Waals surface area contributed by atoms with Crippen molar-refractivity contribution in [3.63, 3.8) is 0 Å². The summed E-state index contributed by atoms with van der Waals surface area (Å²) >= 11 is 0. The van der Waals surface area contributed by atoms with Gasteiger partial charge in [-0.05, 0) is 25.5 Å². The maximum atomic E-state index is 5.87. The molecule has 0 amide bonds. The molecule has 2 heterocycles. The number of anilines is 2. The lowest BCUT2D eigenvalue weighted by Gasteiger charge is -2.27. The number of nitrogens with zero attached hydrogens (tertiary/aromatic N) is 2. The highest BCUT2D eigenvalue weighted by atomic mass is 15.2. The molecule has 1 aliphatic rings. The van der Waals surface area contributed by atoms with Gasteiger partial charge in [-0.3, -0.25) is 0 Å². The molecule has 2 rings (SSSR count). The molecule has 0 bridgehead atoms. The van der Waals surface area contributed by atoms with Crippen LogP contribution in [0.2, 0.25) is 0 Å². The monoisotopic (exact) mass is 189 g/mol. The van der Waals surface area contributed by atoms with Crippen LogP contribution in [-0.2, 0) is 0 Å². The van der Waals surface area contributed by atoms with Crippen LogP contribution in [0, 0.1) is 0 Å². The van der Waals surface area contributed by atoms with E-state index in [4.69, 9.17) is 5.73 Å². The van der Waals surface area contributed by atoms with E-state index >= 15 is 0 Å². The van der Waals surface area contributed by atoms with E-state index < -0.39 is 0 Å². The quantitative estimate of drug-likeness (QED) is 0.685. The Balaban J connectivity index is 2.24. The van der Waals surface area contributed by atoms with E-state index in [2.05, 4.69) is 22.9 Å². The highest BCUT2D eigenvalue weighted by Crippen LogP contribution is 2.22. The smallest absolute Gasteiger partial charge is 0.152 e. The summed E-state index contributed by atoms with van der Waals surface area (Å²) in [6, 6.07) is 3.77. The Kier molecular flexibility index (Phi) is 2.39. The topological polar surface area (TPSA) is 42.2 Å². The van der Waals surface area contributed by atoms with Crippen molar-refractivity contribution in [3.05, 3.63) is 30.0 Å². The average molecular weight is 189 g/mol. The van der Waals surface area contributed by atoms with E-state index in [0.717, 1.165) is 31.0 Å². The fraction of sp³-hybridized carbons (Fsp3) is 0.364. The molecule has 0 aromatic carbocycles. The highest BCUT2D eigenvalue weighted by Gasteiger charge is 2.13. The predicted molar refractivity (Wildman–Crippen MR) is 59.2 cm³/mol. The number of rotatable bonds is 1. The molecule has 0 aliphatic carbocycles. The third-order valence-electron chi connectivity index (χ3n) is 2.45. The molecule has 0 spiro atoms. The summed E-state index contributed by atoms with van der Waals surface area (Å²) in [5.74, 6) is 0.917. The Labute approximate surface area is 84.2 Å². The molecule has 0 radical (unpaired) electrons. The summed E-state index contributed by atoms with van der Waals surface area (Å²) in [6.45, 7) is 4.10. The van der Waals surface area contributed by atoms with Crippen LogP contribution < -0.4 is 10.6 Å². The second-order valence-electron chi connectivity index (χ2n) is 3.68. The summed E-state index contributed by atoms with van der Waals surface area (Å²) in [5, 5.41) is 0. The molecule has 0 unspecified atom stereocenters. The van der Waals surface area contributed by atoms with Gasteiger partial charge in [0, 0.05) is 19.3 Å². The fourth-order valence-corrected chi connectivity index (χ4v) is 1.77. The molecule has 0 saturated carbocycles. The first kappa shape index (κ1) is 9.06. The van der Waals surface area contributed by atoms with E-state index in [0.29, 0.717) is 0 Å². The zero-order chi connectivity index (χ0) is 9.97. The first-order chi connectivity index (χ1) is 6.77. The molecule has 1 aromatic heterocycles. The second kappa shape index (κ2) is 3.70. The zero-order valence-corrected chi connectivity index (χ0v) is 8.40. The van der Waals surface area contributed by atoms with Crippen molar-refractivity contribution < 1.29 is 0 Å². The Hall–Kier alpha value is -1.51. The predicted octanol–water partition coefficient (Wildman–Crippen LogP) is 1.82. The SMILES string of the molecule is CC1=CCCN(c2ncccc2N)C1. The van der Waals surface area contributed by atoms with Gasteiger partial charge in [-0.1, -0.05) is 11.6 Å². The lowest BCUT2D eigenvalue weighted by Crippen LogP contribution is -2.30. The van der Waals surface area contributed by atoms with Gasteiger partial charge in [0.25, 0.3) is 0 Å². The van der Waals surface area contributed by atoms with Crippen molar-refractivity contribution in [1.29, 1.82) is 0 Å². The first-order valence-electron chi connectivity index (χ1n) is 4.88. The van der Waals surface area contributed by atoms with Crippen LogP contribution in [0.4, 0.5) is 11.5 Å². The standard InChI is InChI=1S/C11H15N3/c1-9-4-3-7-14(8-9)11-10(12)5-2-6-13-11/h2,4-6H,3,7-8,12H2,1H3. The van der Waals surface area contributed by atoms with Gasteiger partial charge in [-0.15, -0.1) is 0 Å². The molecule has 74 valence electrons. The van der Waals surface area contributed by atoms with E-state index in [1.807, 2.05) is 12.1 Å². The Morgan fingerprint density at radius 3 is 3.07 bits per heavy atom. The van der Waals surface area contributed by atoms with E-state index in [-0.39, 0.29) is 0 Å². The number of pyridine rings is 1. The summed E-state index contributed by atoms with van der Waals surface area (Å²) in [7, 11) is 0. The maximum Gasteiger partial charge on any atom is 0.152 e. The lowest BCUT2D eigenvalue weighted by atomic mass is 10.1. The summed E-state index contributed by atoms with van der Waals surface area (Å²) < 4.78 is 0. The summed E-state index contributed by atoms with van der Waals surface area (Å²) in [6.07, 6.45) is 5.15. The normalized spacial score (nSPS) is 16.6. The van der Waals surface area contributed by atoms with Gasteiger partial charge in [-0.2, -0.15) is 0 Å². The molecule has 0 fully saturated rings. The van der Waals surface area contributed by atoms with Crippen molar-refractivity contribution in [2.45, 2.75) is 13.3 Å². The van der Waals surface area contributed by atoms with Gasteiger partial charge in [0.05, 0.1) is 5.69 Å². The van der Waals surface area contributed by atoms with Crippen molar-refractivity contribution in [1.82, 2.24) is 4.98 Å². The second-order valence-corrected chi connectivity index (χ2v) is 3.68. The minimum Gasteiger partial charge on any atom is -0.396 e. The third kappa shape index (κ3) is 1.71. The largest absolute Gasteiger partial charge is 0.396 e. The fourth-order valence-electron chi connectivity index (χ4n) is 1.77. The van der Waals surface area contributed by atoms with Crippen molar-refractivity contribution in [2.75, 3.05) is 23.7 Å². The zero-order valence-electron chi connectivity index (χ0n) is 8.40. The molecule has 1 aromatic rings. The Morgan fingerprint density at radius 2 is 2.36 bits per heavy atom. The third-order valence-corrected chi connectivity index (χ3v) is 2.45. The minimum absolute atomic E-state index is 0.766. The van der Waals surface area contributed by atoms with Gasteiger partial charge < -0.3 is 10.6 Å². The molecule has 3 heteroatoms. The van der Waals surface area contributed by atoms with Crippen LogP contribution in [0.25, 0.3) is 0 Å². The van der Waals surface area contributed by atoms with Gasteiger partial charge in [0.15, 0.2) is 5.82 Å². The molecule has 0 saturated heterocycles. The van der Waals surface area contributed by atoms with Gasteiger partial charge >= 0.3 is 0 Å². The molecule has 14 heavy (non-hydrogen) atoms. The first-order valence-corrected chi connectivity index (χ1v) is 4.88. The minimum atomic E-state index is 0.766. The van der Waals surface area contributed by atoms with E-state index in [9.17, 15) is 0 Å². The van der Waals surface area contributed by atoms with Crippen molar-refractivity contribution in [3.8, 4) is 0 Å². The maximum absolute atomic E-state index is 5.87. The van der Waals surface area contributed by atoms with Gasteiger partial charge in [-0.25, -0.2) is 4.98 Å². The van der Waals surface area contributed by atoms with Gasteiger partial charge in [0.1, 0.15) is 0 Å². The van der Waals surface area contributed by atoms with Gasteiger partial charge in [0.2, 0.25) is 0 Å². The van der Waals surface area contributed by atoms with Crippen molar-refractivity contribution >= 4 is 11.5 Å². The average Bonchev–Trinajstić information content (AvgIpc) is 2.18.